The Bertz CT molecular complexity index is 123. The Morgan fingerprint density at radius 1 is 1.36 bits per heavy atom. The predicted octanol–water partition coefficient (Wildman–Crippen LogP) is 0.935. The Labute approximate surface area is 70.0 Å². The fourth-order valence-corrected chi connectivity index (χ4v) is 1.72. The average molecular weight is 156 g/mol. The predicted molar refractivity (Wildman–Crippen MR) is 48.7 cm³/mol. The van der Waals surface area contributed by atoms with E-state index in [1.165, 1.54) is 6.54 Å². The Balaban J connectivity index is 2.45. The number of hydrogen-bond donors (Lipinski definition) is 1. The van der Waals surface area contributed by atoms with Crippen molar-refractivity contribution in [2.75, 3.05) is 20.1 Å². The molecule has 1 heterocycles. The van der Waals surface area contributed by atoms with Crippen LogP contribution in [0, 0.1) is 5.92 Å². The van der Waals surface area contributed by atoms with Gasteiger partial charge in [0.05, 0.1) is 0 Å². The Morgan fingerprint density at radius 3 is 2.36 bits per heavy atom. The molecule has 0 aromatic heterocycles. The molecule has 0 saturated carbocycles. The monoisotopic (exact) mass is 156 g/mol. The zero-order valence-electron chi connectivity index (χ0n) is 8.09. The summed E-state index contributed by atoms with van der Waals surface area (Å²) in [6, 6.07) is 1.41. The molecule has 0 radical (unpaired) electrons. The summed E-state index contributed by atoms with van der Waals surface area (Å²) < 4.78 is 0. The van der Waals surface area contributed by atoms with E-state index in [0.29, 0.717) is 6.04 Å². The Morgan fingerprint density at radius 2 is 2.00 bits per heavy atom. The van der Waals surface area contributed by atoms with Crippen LogP contribution in [0.15, 0.2) is 0 Å². The maximum Gasteiger partial charge on any atom is 0.0257 e. The molecule has 2 atom stereocenters. The highest BCUT2D eigenvalue weighted by atomic mass is 15.2. The van der Waals surface area contributed by atoms with Crippen LogP contribution in [-0.4, -0.2) is 37.1 Å². The molecule has 0 spiro atoms. The van der Waals surface area contributed by atoms with E-state index < -0.39 is 0 Å². The maximum atomic E-state index is 3.42. The van der Waals surface area contributed by atoms with Gasteiger partial charge in [0.2, 0.25) is 0 Å². The molecule has 1 aliphatic heterocycles. The third-order valence-corrected chi connectivity index (χ3v) is 2.81. The summed E-state index contributed by atoms with van der Waals surface area (Å²) >= 11 is 0. The van der Waals surface area contributed by atoms with Crippen LogP contribution in [0.5, 0.6) is 0 Å². The molecule has 1 rings (SSSR count). The number of hydrogen-bond acceptors (Lipinski definition) is 2. The first kappa shape index (κ1) is 9.01. The largest absolute Gasteiger partial charge is 0.315 e. The minimum absolute atomic E-state index is 0.669. The van der Waals surface area contributed by atoms with Crippen molar-refractivity contribution < 1.29 is 0 Å². The second-order valence-electron chi connectivity index (χ2n) is 3.96. The van der Waals surface area contributed by atoms with Crippen LogP contribution < -0.4 is 5.32 Å². The van der Waals surface area contributed by atoms with E-state index in [1.54, 1.807) is 0 Å². The lowest BCUT2D eigenvalue weighted by Gasteiger charge is -2.30. The van der Waals surface area contributed by atoms with Crippen LogP contribution in [0.3, 0.4) is 0 Å². The molecular formula is C9H20N2. The molecular weight excluding hydrogens is 136 g/mol. The molecule has 0 aliphatic carbocycles. The lowest BCUT2D eigenvalue weighted by Crippen LogP contribution is -2.41. The molecule has 11 heavy (non-hydrogen) atoms. The van der Waals surface area contributed by atoms with Gasteiger partial charge in [-0.15, -0.1) is 0 Å². The van der Waals surface area contributed by atoms with Gasteiger partial charge in [0.1, 0.15) is 0 Å². The topological polar surface area (TPSA) is 15.3 Å². The van der Waals surface area contributed by atoms with Crippen molar-refractivity contribution in [1.82, 2.24) is 10.2 Å². The Kier molecular flexibility index (Phi) is 2.90. The van der Waals surface area contributed by atoms with Gasteiger partial charge in [0.15, 0.2) is 0 Å². The van der Waals surface area contributed by atoms with Crippen LogP contribution in [-0.2, 0) is 0 Å². The Hall–Kier alpha value is -0.0800. The van der Waals surface area contributed by atoms with Crippen molar-refractivity contribution in [3.05, 3.63) is 0 Å². The number of likely N-dealkylation sites (N-methyl/N-ethyl adjacent to an activating group) is 1. The normalized spacial score (nSPS) is 32.2. The third-order valence-electron chi connectivity index (χ3n) is 2.81. The molecule has 2 nitrogen and oxygen atoms in total. The van der Waals surface area contributed by atoms with Crippen molar-refractivity contribution >= 4 is 0 Å². The van der Waals surface area contributed by atoms with Crippen LogP contribution >= 0.6 is 0 Å². The van der Waals surface area contributed by atoms with Gasteiger partial charge in [-0.1, -0.05) is 6.92 Å². The van der Waals surface area contributed by atoms with E-state index in [4.69, 9.17) is 0 Å². The van der Waals surface area contributed by atoms with E-state index in [1.807, 2.05) is 0 Å². The molecule has 1 aliphatic rings. The zero-order valence-corrected chi connectivity index (χ0v) is 8.09. The molecule has 0 amide bonds. The fourth-order valence-electron chi connectivity index (χ4n) is 1.72. The van der Waals surface area contributed by atoms with E-state index in [0.717, 1.165) is 18.5 Å². The van der Waals surface area contributed by atoms with Crippen LogP contribution in [0.2, 0.25) is 0 Å². The van der Waals surface area contributed by atoms with Gasteiger partial charge in [-0.05, 0) is 33.4 Å². The number of rotatable bonds is 2. The standard InChI is InChI=1S/C9H20N2/c1-7(2)11(4)9-6-10-5-8(9)3/h7-10H,5-6H2,1-4H3/t8-,9-/m0/s1. The van der Waals surface area contributed by atoms with Gasteiger partial charge in [-0.2, -0.15) is 0 Å². The highest BCUT2D eigenvalue weighted by Crippen LogP contribution is 2.15. The smallest absolute Gasteiger partial charge is 0.0257 e. The molecule has 2 heteroatoms. The summed E-state index contributed by atoms with van der Waals surface area (Å²) in [7, 11) is 2.22. The first-order valence-electron chi connectivity index (χ1n) is 4.55. The number of nitrogens with one attached hydrogen (secondary N) is 1. The molecule has 1 saturated heterocycles. The van der Waals surface area contributed by atoms with E-state index in [-0.39, 0.29) is 0 Å². The lowest BCUT2D eigenvalue weighted by atomic mass is 10.0. The summed E-state index contributed by atoms with van der Waals surface area (Å²) in [5.74, 6) is 0.808. The van der Waals surface area contributed by atoms with Gasteiger partial charge in [-0.3, -0.25) is 4.90 Å². The summed E-state index contributed by atoms with van der Waals surface area (Å²) in [4.78, 5) is 2.46. The highest BCUT2D eigenvalue weighted by molar-refractivity contribution is 4.85. The van der Waals surface area contributed by atoms with Crippen molar-refractivity contribution in [2.45, 2.75) is 32.9 Å². The summed E-state index contributed by atoms with van der Waals surface area (Å²) in [6.45, 7) is 9.18. The van der Waals surface area contributed by atoms with Crippen LogP contribution in [0.25, 0.3) is 0 Å². The van der Waals surface area contributed by atoms with Crippen molar-refractivity contribution in [3.8, 4) is 0 Å². The lowest BCUT2D eigenvalue weighted by molar-refractivity contribution is 0.177. The molecule has 0 bridgehead atoms. The van der Waals surface area contributed by atoms with Gasteiger partial charge in [-0.25, -0.2) is 0 Å². The van der Waals surface area contributed by atoms with Crippen molar-refractivity contribution in [1.29, 1.82) is 0 Å². The first-order valence-corrected chi connectivity index (χ1v) is 4.55. The van der Waals surface area contributed by atoms with Gasteiger partial charge >= 0.3 is 0 Å². The zero-order chi connectivity index (χ0) is 8.43. The average Bonchev–Trinajstić information content (AvgIpc) is 2.33. The van der Waals surface area contributed by atoms with Crippen LogP contribution in [0.1, 0.15) is 20.8 Å². The molecule has 1 N–H and O–H groups in total. The second kappa shape index (κ2) is 3.55. The van der Waals surface area contributed by atoms with E-state index in [9.17, 15) is 0 Å². The molecule has 0 aromatic rings. The quantitative estimate of drug-likeness (QED) is 0.640. The van der Waals surface area contributed by atoms with E-state index in [2.05, 4.69) is 38.0 Å². The minimum atomic E-state index is 0.669. The van der Waals surface area contributed by atoms with E-state index >= 15 is 0 Å². The second-order valence-corrected chi connectivity index (χ2v) is 3.96. The number of nitrogens with zero attached hydrogens (tertiary/aromatic N) is 1. The molecule has 66 valence electrons. The highest BCUT2D eigenvalue weighted by Gasteiger charge is 2.27. The third kappa shape index (κ3) is 1.94. The van der Waals surface area contributed by atoms with Crippen LogP contribution in [0.4, 0.5) is 0 Å². The molecule has 1 fully saturated rings. The fraction of sp³-hybridized carbons (Fsp3) is 1.00. The first-order chi connectivity index (χ1) is 5.13. The maximum absolute atomic E-state index is 3.42. The van der Waals surface area contributed by atoms with Crippen molar-refractivity contribution in [2.24, 2.45) is 5.92 Å². The minimum Gasteiger partial charge on any atom is -0.315 e. The summed E-state index contributed by atoms with van der Waals surface area (Å²) in [6.07, 6.45) is 0. The summed E-state index contributed by atoms with van der Waals surface area (Å²) in [5, 5.41) is 3.42. The van der Waals surface area contributed by atoms with Crippen molar-refractivity contribution in [3.63, 3.8) is 0 Å². The van der Waals surface area contributed by atoms with Gasteiger partial charge < -0.3 is 5.32 Å². The molecule has 0 unspecified atom stereocenters. The van der Waals surface area contributed by atoms with Gasteiger partial charge in [0, 0.05) is 18.6 Å². The molecule has 0 aromatic carbocycles. The summed E-state index contributed by atoms with van der Waals surface area (Å²) in [5.41, 5.74) is 0. The SMILES string of the molecule is CC(C)N(C)[C@H]1CNC[C@@H]1C. The van der Waals surface area contributed by atoms with Gasteiger partial charge in [0.25, 0.3) is 0 Å².